The summed E-state index contributed by atoms with van der Waals surface area (Å²) in [5.41, 5.74) is 2.68. The van der Waals surface area contributed by atoms with Gasteiger partial charge in [0.05, 0.1) is 18.4 Å². The molecular formula is C17H15IN6O2. The number of rotatable bonds is 6. The van der Waals surface area contributed by atoms with Gasteiger partial charge in [0.2, 0.25) is 5.95 Å². The van der Waals surface area contributed by atoms with Crippen LogP contribution in [0.15, 0.2) is 36.7 Å². The third kappa shape index (κ3) is 4.09. The molecule has 3 aromatic rings. The first-order chi connectivity index (χ1) is 12.6. The first-order valence-electron chi connectivity index (χ1n) is 7.73. The number of nitrogens with one attached hydrogen (secondary N) is 1. The molecule has 0 spiro atoms. The van der Waals surface area contributed by atoms with E-state index in [0.29, 0.717) is 23.9 Å². The van der Waals surface area contributed by atoms with Crippen LogP contribution >= 0.6 is 22.6 Å². The van der Waals surface area contributed by atoms with E-state index in [9.17, 15) is 5.11 Å². The van der Waals surface area contributed by atoms with Gasteiger partial charge in [0, 0.05) is 33.6 Å². The van der Waals surface area contributed by atoms with Crippen LogP contribution in [0.4, 0.5) is 5.95 Å². The molecule has 2 heterocycles. The van der Waals surface area contributed by atoms with Gasteiger partial charge in [-0.1, -0.05) is 0 Å². The fourth-order valence-electron chi connectivity index (χ4n) is 2.45. The second kappa shape index (κ2) is 8.11. The van der Waals surface area contributed by atoms with E-state index in [1.54, 1.807) is 30.6 Å². The van der Waals surface area contributed by atoms with E-state index >= 15 is 0 Å². The van der Waals surface area contributed by atoms with Crippen LogP contribution in [-0.2, 0) is 6.54 Å². The van der Waals surface area contributed by atoms with Crippen molar-refractivity contribution < 1.29 is 10.2 Å². The van der Waals surface area contributed by atoms with Crippen molar-refractivity contribution in [2.75, 3.05) is 18.5 Å². The van der Waals surface area contributed by atoms with E-state index in [1.807, 2.05) is 6.07 Å². The predicted molar refractivity (Wildman–Crippen MR) is 104 cm³/mol. The van der Waals surface area contributed by atoms with E-state index in [-0.39, 0.29) is 18.9 Å². The van der Waals surface area contributed by atoms with Gasteiger partial charge < -0.3 is 15.5 Å². The number of aromatic nitrogens is 4. The van der Waals surface area contributed by atoms with E-state index in [4.69, 9.17) is 10.4 Å². The second-order valence-corrected chi connectivity index (χ2v) is 6.61. The van der Waals surface area contributed by atoms with E-state index in [2.05, 4.69) is 49.0 Å². The molecule has 0 unspecified atom stereocenters. The fourth-order valence-corrected chi connectivity index (χ4v) is 3.10. The van der Waals surface area contributed by atoms with Gasteiger partial charge in [-0.05, 0) is 46.9 Å². The van der Waals surface area contributed by atoms with Gasteiger partial charge in [-0.2, -0.15) is 10.4 Å². The van der Waals surface area contributed by atoms with Crippen molar-refractivity contribution in [3.63, 3.8) is 0 Å². The molecule has 9 heteroatoms. The third-order valence-electron chi connectivity index (χ3n) is 3.48. The smallest absolute Gasteiger partial charge is 0.223 e. The molecular weight excluding hydrogens is 447 g/mol. The summed E-state index contributed by atoms with van der Waals surface area (Å²) in [6.07, 6.45) is 3.35. The van der Waals surface area contributed by atoms with Crippen LogP contribution in [0.2, 0.25) is 0 Å². The Balaban J connectivity index is 2.10. The van der Waals surface area contributed by atoms with E-state index < -0.39 is 0 Å². The third-order valence-corrected chi connectivity index (χ3v) is 4.10. The molecule has 3 N–H and O–H groups in total. The van der Waals surface area contributed by atoms with Crippen molar-refractivity contribution in [1.29, 1.82) is 5.26 Å². The summed E-state index contributed by atoms with van der Waals surface area (Å²) in [6, 6.07) is 8.98. The lowest BCUT2D eigenvalue weighted by molar-refractivity contribution is 0.311. The van der Waals surface area contributed by atoms with Crippen LogP contribution < -0.4 is 5.32 Å². The molecule has 0 fully saturated rings. The summed E-state index contributed by atoms with van der Waals surface area (Å²) >= 11 is 2.12. The highest BCUT2D eigenvalue weighted by atomic mass is 127. The number of nitrogens with zero attached hydrogens (tertiary/aromatic N) is 5. The lowest BCUT2D eigenvalue weighted by atomic mass is 10.1. The van der Waals surface area contributed by atoms with Crippen LogP contribution in [0, 0.1) is 14.9 Å². The summed E-state index contributed by atoms with van der Waals surface area (Å²) in [5.74, 6) is 0.529. The number of aromatic hydroxyl groups is 1. The minimum Gasteiger partial charge on any atom is -0.508 e. The molecule has 0 saturated carbocycles. The predicted octanol–water partition coefficient (Wildman–Crippen LogP) is 2.25. The molecule has 2 aromatic heterocycles. The number of aliphatic hydroxyl groups excluding tert-OH is 1. The maximum atomic E-state index is 9.92. The number of halogens is 1. The number of hydrogen-bond acceptors (Lipinski definition) is 7. The maximum absolute atomic E-state index is 9.92. The Kier molecular flexibility index (Phi) is 5.65. The van der Waals surface area contributed by atoms with Crippen molar-refractivity contribution in [1.82, 2.24) is 19.7 Å². The Morgan fingerprint density at radius 1 is 1.31 bits per heavy atom. The second-order valence-electron chi connectivity index (χ2n) is 5.36. The monoisotopic (exact) mass is 462 g/mol. The lowest BCUT2D eigenvalue weighted by Crippen LogP contribution is -2.08. The fraction of sp³-hybridized carbons (Fsp3) is 0.176. The van der Waals surface area contributed by atoms with Crippen LogP contribution in [0.1, 0.15) is 0 Å². The minimum atomic E-state index is -0.0271. The zero-order valence-electron chi connectivity index (χ0n) is 13.6. The summed E-state index contributed by atoms with van der Waals surface area (Å²) in [5, 5.41) is 35.2. The maximum Gasteiger partial charge on any atom is 0.223 e. The highest BCUT2D eigenvalue weighted by molar-refractivity contribution is 14.1. The summed E-state index contributed by atoms with van der Waals surface area (Å²) < 4.78 is 2.40. The molecule has 0 aliphatic rings. The molecule has 0 aliphatic heterocycles. The molecule has 132 valence electrons. The topological polar surface area (TPSA) is 120 Å². The normalized spacial score (nSPS) is 10.5. The number of benzene rings is 1. The Labute approximate surface area is 163 Å². The Morgan fingerprint density at radius 2 is 2.15 bits per heavy atom. The highest BCUT2D eigenvalue weighted by Crippen LogP contribution is 2.33. The van der Waals surface area contributed by atoms with Gasteiger partial charge in [0.1, 0.15) is 18.0 Å². The van der Waals surface area contributed by atoms with Crippen LogP contribution in [-0.4, -0.2) is 43.1 Å². The zero-order valence-corrected chi connectivity index (χ0v) is 15.8. The number of anilines is 1. The quantitative estimate of drug-likeness (QED) is 0.481. The van der Waals surface area contributed by atoms with Crippen LogP contribution in [0.3, 0.4) is 0 Å². The molecule has 0 saturated heterocycles. The molecule has 0 aliphatic carbocycles. The largest absolute Gasteiger partial charge is 0.508 e. The molecule has 0 atom stereocenters. The average Bonchev–Trinajstić information content (AvgIpc) is 3.04. The lowest BCUT2D eigenvalue weighted by Gasteiger charge is -2.06. The van der Waals surface area contributed by atoms with Gasteiger partial charge in [0.15, 0.2) is 0 Å². The number of phenols is 1. The SMILES string of the molecule is N#CCn1cc(-c2ccnc(NCCO)n2)c(-c2cc(O)cc(I)c2)n1. The van der Waals surface area contributed by atoms with Gasteiger partial charge in [-0.15, -0.1) is 0 Å². The van der Waals surface area contributed by atoms with Crippen molar-refractivity contribution in [3.8, 4) is 34.3 Å². The summed E-state index contributed by atoms with van der Waals surface area (Å²) in [7, 11) is 0. The van der Waals surface area contributed by atoms with Crippen molar-refractivity contribution in [3.05, 3.63) is 40.2 Å². The van der Waals surface area contributed by atoms with Crippen LogP contribution in [0.5, 0.6) is 5.75 Å². The number of hydrogen-bond donors (Lipinski definition) is 3. The van der Waals surface area contributed by atoms with Gasteiger partial charge in [0.25, 0.3) is 0 Å². The van der Waals surface area contributed by atoms with E-state index in [0.717, 1.165) is 14.7 Å². The first-order valence-corrected chi connectivity index (χ1v) is 8.81. The molecule has 26 heavy (non-hydrogen) atoms. The standard InChI is InChI=1S/C17H15IN6O2/c18-12-7-11(8-13(26)9-12)16-14(10-24(23-16)5-2-19)15-1-3-20-17(22-15)21-4-6-25/h1,3,7-10,25-26H,4-6H2,(H,20,21,22). The van der Waals surface area contributed by atoms with Crippen molar-refractivity contribution in [2.45, 2.75) is 6.54 Å². The Bertz CT molecular complexity index is 946. The number of aliphatic hydroxyl groups is 1. The molecule has 0 radical (unpaired) electrons. The molecule has 0 bridgehead atoms. The summed E-state index contributed by atoms with van der Waals surface area (Å²) in [6.45, 7) is 0.416. The van der Waals surface area contributed by atoms with Gasteiger partial charge in [-0.25, -0.2) is 9.97 Å². The van der Waals surface area contributed by atoms with Gasteiger partial charge in [-0.3, -0.25) is 4.68 Å². The molecule has 8 nitrogen and oxygen atoms in total. The molecule has 0 amide bonds. The summed E-state index contributed by atoms with van der Waals surface area (Å²) in [4.78, 5) is 8.57. The zero-order chi connectivity index (χ0) is 18.5. The van der Waals surface area contributed by atoms with Crippen LogP contribution in [0.25, 0.3) is 22.5 Å². The first kappa shape index (κ1) is 18.1. The number of nitriles is 1. The van der Waals surface area contributed by atoms with Crippen molar-refractivity contribution >= 4 is 28.5 Å². The highest BCUT2D eigenvalue weighted by Gasteiger charge is 2.16. The molecule has 1 aromatic carbocycles. The Morgan fingerprint density at radius 3 is 2.88 bits per heavy atom. The Hall–Kier alpha value is -2.71. The van der Waals surface area contributed by atoms with Crippen molar-refractivity contribution in [2.24, 2.45) is 0 Å². The van der Waals surface area contributed by atoms with E-state index in [1.165, 1.54) is 4.68 Å². The minimum absolute atomic E-state index is 0.0271. The number of phenolic OH excluding ortho intramolecular Hbond substituents is 1. The molecule has 3 rings (SSSR count). The van der Waals surface area contributed by atoms with Gasteiger partial charge >= 0.3 is 0 Å². The average molecular weight is 462 g/mol.